The molecule has 0 amide bonds. The second-order valence-electron chi connectivity index (χ2n) is 11.7. The highest BCUT2D eigenvalue weighted by molar-refractivity contribution is 7.86. The summed E-state index contributed by atoms with van der Waals surface area (Å²) in [6, 6.07) is 57.3. The van der Waals surface area contributed by atoms with E-state index in [0.29, 0.717) is 5.78 Å². The summed E-state index contributed by atoms with van der Waals surface area (Å²) in [4.78, 5) is 10.3. The number of fused-ring (bicyclic) bond motifs is 5. The summed E-state index contributed by atoms with van der Waals surface area (Å²) < 4.78 is 18.1. The van der Waals surface area contributed by atoms with E-state index in [2.05, 4.69) is 77.2 Å². The van der Waals surface area contributed by atoms with E-state index in [1.165, 1.54) is 0 Å². The summed E-state index contributed by atoms with van der Waals surface area (Å²) in [5.41, 5.74) is 5.81. The Morgan fingerprint density at radius 1 is 0.489 bits per heavy atom. The summed E-state index contributed by atoms with van der Waals surface area (Å²) in [5, 5.41) is 6.37. The van der Waals surface area contributed by atoms with E-state index in [-0.39, 0.29) is 0 Å². The van der Waals surface area contributed by atoms with Crippen molar-refractivity contribution in [3.63, 3.8) is 0 Å². The molecule has 222 valence electrons. The molecule has 0 aliphatic heterocycles. The Hall–Kier alpha value is -5.83. The average Bonchev–Trinajstić information content (AvgIpc) is 3.53. The first-order valence-electron chi connectivity index (χ1n) is 15.7. The second kappa shape index (κ2) is 10.9. The number of hydrogen-bond acceptors (Lipinski definition) is 3. The van der Waals surface area contributed by atoms with E-state index in [1.54, 1.807) is 0 Å². The summed E-state index contributed by atoms with van der Waals surface area (Å²) >= 11 is 0. The molecule has 0 spiro atoms. The highest BCUT2D eigenvalue weighted by atomic mass is 31.2. The lowest BCUT2D eigenvalue weighted by Gasteiger charge is -2.25. The normalized spacial score (nSPS) is 11.9. The van der Waals surface area contributed by atoms with Crippen molar-refractivity contribution >= 4 is 61.4 Å². The minimum atomic E-state index is -3.33. The van der Waals surface area contributed by atoms with E-state index >= 15 is 4.57 Å². The molecule has 9 rings (SSSR count). The second-order valence-corrected chi connectivity index (χ2v) is 14.4. The number of aromatic nitrogens is 3. The molecule has 2 aromatic heterocycles. The maximum atomic E-state index is 16.0. The van der Waals surface area contributed by atoms with Gasteiger partial charge in [-0.15, -0.1) is 0 Å². The summed E-state index contributed by atoms with van der Waals surface area (Å²) in [5.74, 6) is 0.638. The Balaban J connectivity index is 1.43. The van der Waals surface area contributed by atoms with Gasteiger partial charge in [0.15, 0.2) is 7.14 Å². The van der Waals surface area contributed by atoms with Gasteiger partial charge in [0.25, 0.3) is 0 Å². The van der Waals surface area contributed by atoms with Crippen LogP contribution in [0.2, 0.25) is 0 Å². The van der Waals surface area contributed by atoms with Crippen LogP contribution in [0.5, 0.6) is 0 Å². The SMILES string of the molecule is O=P(c1ccccc1)(c1ccccc1)c1c2ccccc2c(-c2cc(-c3ccccc3)n3c(n2)nc2ccccc23)c2ccccc12. The van der Waals surface area contributed by atoms with Crippen molar-refractivity contribution in [2.45, 2.75) is 0 Å². The van der Waals surface area contributed by atoms with Crippen molar-refractivity contribution in [2.75, 3.05) is 0 Å². The zero-order chi connectivity index (χ0) is 31.4. The predicted octanol–water partition coefficient (Wildman–Crippen LogP) is 9.16. The van der Waals surface area contributed by atoms with Gasteiger partial charge >= 0.3 is 0 Å². The van der Waals surface area contributed by atoms with Gasteiger partial charge in [0.05, 0.1) is 22.4 Å². The van der Waals surface area contributed by atoms with Crippen molar-refractivity contribution in [3.05, 3.63) is 170 Å². The van der Waals surface area contributed by atoms with Gasteiger partial charge in [0.2, 0.25) is 5.78 Å². The van der Waals surface area contributed by atoms with Gasteiger partial charge < -0.3 is 4.57 Å². The molecule has 9 aromatic rings. The Morgan fingerprint density at radius 2 is 0.979 bits per heavy atom. The smallest absolute Gasteiger partial charge is 0.235 e. The van der Waals surface area contributed by atoms with Crippen molar-refractivity contribution < 1.29 is 4.57 Å². The molecule has 0 saturated carbocycles. The number of nitrogens with zero attached hydrogens (tertiary/aromatic N) is 3. The molecule has 0 aliphatic rings. The van der Waals surface area contributed by atoms with E-state index in [0.717, 1.165) is 71.0 Å². The first-order chi connectivity index (χ1) is 23.2. The van der Waals surface area contributed by atoms with Crippen LogP contribution in [0.15, 0.2) is 170 Å². The summed E-state index contributed by atoms with van der Waals surface area (Å²) in [7, 11) is -3.33. The standard InChI is InChI=1S/C42H28N3OP/c46-47(30-18-6-2-7-19-30,31-20-8-3-9-21-31)41-34-24-12-10-22-32(34)40(33-23-11-13-25-35(33)41)37-28-39(29-16-4-1-5-17-29)45-38-27-15-14-26-36(38)43-42(45)44-37/h1-28H. The van der Waals surface area contributed by atoms with Gasteiger partial charge in [-0.05, 0) is 45.3 Å². The van der Waals surface area contributed by atoms with Crippen molar-refractivity contribution in [3.8, 4) is 22.5 Å². The van der Waals surface area contributed by atoms with Crippen LogP contribution in [0.4, 0.5) is 0 Å². The molecular formula is C42H28N3OP. The van der Waals surface area contributed by atoms with Gasteiger partial charge in [-0.25, -0.2) is 9.97 Å². The molecule has 5 heteroatoms. The zero-order valence-electron chi connectivity index (χ0n) is 25.4. The summed E-state index contributed by atoms with van der Waals surface area (Å²) in [6.45, 7) is 0. The lowest BCUT2D eigenvalue weighted by atomic mass is 9.94. The molecular weight excluding hydrogens is 593 g/mol. The molecule has 0 radical (unpaired) electrons. The summed E-state index contributed by atoms with van der Waals surface area (Å²) in [6.07, 6.45) is 0. The molecule has 0 unspecified atom stereocenters. The molecule has 0 aliphatic carbocycles. The maximum absolute atomic E-state index is 16.0. The van der Waals surface area contributed by atoms with Crippen LogP contribution >= 0.6 is 7.14 Å². The fraction of sp³-hybridized carbons (Fsp3) is 0. The number of benzene rings is 7. The molecule has 0 bridgehead atoms. The average molecular weight is 622 g/mol. The van der Waals surface area contributed by atoms with Crippen molar-refractivity contribution in [1.29, 1.82) is 0 Å². The molecule has 2 heterocycles. The Bertz CT molecular complexity index is 2550. The van der Waals surface area contributed by atoms with Crippen LogP contribution in [0.25, 0.3) is 60.9 Å². The fourth-order valence-corrected chi connectivity index (χ4v) is 10.1. The zero-order valence-corrected chi connectivity index (χ0v) is 26.3. The van der Waals surface area contributed by atoms with Crippen LogP contribution in [-0.4, -0.2) is 14.4 Å². The fourth-order valence-electron chi connectivity index (χ4n) is 7.01. The van der Waals surface area contributed by atoms with E-state index in [1.807, 2.05) is 97.1 Å². The molecule has 47 heavy (non-hydrogen) atoms. The molecule has 0 fully saturated rings. The topological polar surface area (TPSA) is 47.3 Å². The third-order valence-electron chi connectivity index (χ3n) is 9.06. The lowest BCUT2D eigenvalue weighted by molar-refractivity contribution is 0.593. The first-order valence-corrected chi connectivity index (χ1v) is 17.4. The maximum Gasteiger partial charge on any atom is 0.235 e. The quantitative estimate of drug-likeness (QED) is 0.142. The molecule has 4 nitrogen and oxygen atoms in total. The third kappa shape index (κ3) is 4.26. The first kappa shape index (κ1) is 27.5. The van der Waals surface area contributed by atoms with E-state index in [4.69, 9.17) is 9.97 Å². The van der Waals surface area contributed by atoms with Gasteiger partial charge in [-0.3, -0.25) is 4.40 Å². The van der Waals surface area contributed by atoms with Gasteiger partial charge in [-0.1, -0.05) is 152 Å². The predicted molar refractivity (Wildman–Crippen MR) is 196 cm³/mol. The van der Waals surface area contributed by atoms with Crippen molar-refractivity contribution in [1.82, 2.24) is 14.4 Å². The van der Waals surface area contributed by atoms with Gasteiger partial charge in [0, 0.05) is 21.5 Å². The van der Waals surface area contributed by atoms with Crippen LogP contribution in [0, 0.1) is 0 Å². The van der Waals surface area contributed by atoms with Crippen LogP contribution in [-0.2, 0) is 4.57 Å². The Morgan fingerprint density at radius 3 is 1.57 bits per heavy atom. The van der Waals surface area contributed by atoms with E-state index in [9.17, 15) is 0 Å². The minimum absolute atomic E-state index is 0.638. The van der Waals surface area contributed by atoms with E-state index < -0.39 is 7.14 Å². The van der Waals surface area contributed by atoms with Crippen LogP contribution < -0.4 is 15.9 Å². The number of rotatable bonds is 5. The molecule has 0 atom stereocenters. The minimum Gasteiger partial charge on any atom is -0.309 e. The number of imidazole rings is 1. The lowest BCUT2D eigenvalue weighted by Crippen LogP contribution is -2.26. The largest absolute Gasteiger partial charge is 0.309 e. The monoisotopic (exact) mass is 621 g/mol. The number of hydrogen-bond donors (Lipinski definition) is 0. The highest BCUT2D eigenvalue weighted by Gasteiger charge is 2.34. The van der Waals surface area contributed by atoms with Crippen LogP contribution in [0.3, 0.4) is 0 Å². The molecule has 7 aromatic carbocycles. The Kier molecular flexibility index (Phi) is 6.38. The van der Waals surface area contributed by atoms with Gasteiger partial charge in [0.1, 0.15) is 0 Å². The van der Waals surface area contributed by atoms with Crippen LogP contribution in [0.1, 0.15) is 0 Å². The third-order valence-corrected chi connectivity index (χ3v) is 12.2. The van der Waals surface area contributed by atoms with Crippen molar-refractivity contribution in [2.24, 2.45) is 0 Å². The molecule has 0 N–H and O–H groups in total. The molecule has 0 saturated heterocycles. The highest BCUT2D eigenvalue weighted by Crippen LogP contribution is 2.49. The Labute approximate surface area is 272 Å². The number of para-hydroxylation sites is 2. The van der Waals surface area contributed by atoms with Gasteiger partial charge in [-0.2, -0.15) is 0 Å².